The SMILES string of the molecule is CC(C)c1ccc(OC(=O)c2ccc(I)cc2F)cc1. The van der Waals surface area contributed by atoms with Gasteiger partial charge in [0.1, 0.15) is 11.6 Å². The van der Waals surface area contributed by atoms with E-state index < -0.39 is 11.8 Å². The Morgan fingerprint density at radius 1 is 1.15 bits per heavy atom. The molecule has 104 valence electrons. The highest BCUT2D eigenvalue weighted by atomic mass is 127. The number of ether oxygens (including phenoxy) is 1. The van der Waals surface area contributed by atoms with Gasteiger partial charge in [0.2, 0.25) is 0 Å². The van der Waals surface area contributed by atoms with Gasteiger partial charge in [-0.05, 0) is 64.4 Å². The quantitative estimate of drug-likeness (QED) is 0.433. The summed E-state index contributed by atoms with van der Waals surface area (Å²) in [4.78, 5) is 11.9. The van der Waals surface area contributed by atoms with E-state index in [9.17, 15) is 9.18 Å². The molecule has 0 saturated carbocycles. The fourth-order valence-electron chi connectivity index (χ4n) is 1.74. The molecule has 2 nitrogen and oxygen atoms in total. The standard InChI is InChI=1S/C16H14FIO2/c1-10(2)11-3-6-13(7-4-11)20-16(19)14-8-5-12(18)9-15(14)17/h3-10H,1-2H3. The van der Waals surface area contributed by atoms with Gasteiger partial charge in [-0.1, -0.05) is 26.0 Å². The zero-order valence-electron chi connectivity index (χ0n) is 11.2. The van der Waals surface area contributed by atoms with Crippen molar-refractivity contribution in [3.05, 3.63) is 63.0 Å². The van der Waals surface area contributed by atoms with Crippen molar-refractivity contribution < 1.29 is 13.9 Å². The van der Waals surface area contributed by atoms with Crippen LogP contribution in [0.15, 0.2) is 42.5 Å². The molecule has 0 fully saturated rings. The van der Waals surface area contributed by atoms with Crippen LogP contribution in [0, 0.1) is 9.39 Å². The van der Waals surface area contributed by atoms with E-state index >= 15 is 0 Å². The predicted molar refractivity (Wildman–Crippen MR) is 84.6 cm³/mol. The summed E-state index contributed by atoms with van der Waals surface area (Å²) in [6.45, 7) is 4.17. The summed E-state index contributed by atoms with van der Waals surface area (Å²) in [5, 5.41) is 0. The van der Waals surface area contributed by atoms with Crippen molar-refractivity contribution in [1.82, 2.24) is 0 Å². The van der Waals surface area contributed by atoms with Gasteiger partial charge in [-0.15, -0.1) is 0 Å². The molecule has 0 spiro atoms. The van der Waals surface area contributed by atoms with Crippen molar-refractivity contribution >= 4 is 28.6 Å². The molecule has 0 unspecified atom stereocenters. The molecule has 0 amide bonds. The maximum atomic E-state index is 13.7. The predicted octanol–water partition coefficient (Wildman–Crippen LogP) is 4.77. The monoisotopic (exact) mass is 384 g/mol. The van der Waals surface area contributed by atoms with Crippen molar-refractivity contribution in [3.63, 3.8) is 0 Å². The van der Waals surface area contributed by atoms with Crippen LogP contribution >= 0.6 is 22.6 Å². The highest BCUT2D eigenvalue weighted by molar-refractivity contribution is 14.1. The van der Waals surface area contributed by atoms with Gasteiger partial charge in [-0.3, -0.25) is 0 Å². The number of hydrogen-bond acceptors (Lipinski definition) is 2. The Balaban J connectivity index is 2.15. The first-order valence-electron chi connectivity index (χ1n) is 6.24. The van der Waals surface area contributed by atoms with Crippen LogP contribution in [0.3, 0.4) is 0 Å². The maximum absolute atomic E-state index is 13.7. The number of benzene rings is 2. The third-order valence-corrected chi connectivity index (χ3v) is 3.58. The number of halogens is 2. The summed E-state index contributed by atoms with van der Waals surface area (Å²) in [5.74, 6) is -0.428. The first-order chi connectivity index (χ1) is 9.47. The largest absolute Gasteiger partial charge is 0.423 e. The zero-order chi connectivity index (χ0) is 14.7. The van der Waals surface area contributed by atoms with Crippen LogP contribution in [-0.2, 0) is 0 Å². The molecule has 0 aromatic heterocycles. The summed E-state index contributed by atoms with van der Waals surface area (Å²) < 4.78 is 19.6. The van der Waals surface area contributed by atoms with Crippen LogP contribution < -0.4 is 4.74 Å². The Kier molecular flexibility index (Phi) is 4.75. The molecule has 0 aliphatic heterocycles. The first kappa shape index (κ1) is 15.0. The van der Waals surface area contributed by atoms with E-state index in [4.69, 9.17) is 4.74 Å². The van der Waals surface area contributed by atoms with Crippen LogP contribution in [0.1, 0.15) is 35.7 Å². The first-order valence-corrected chi connectivity index (χ1v) is 7.32. The number of carbonyl (C=O) groups is 1. The van der Waals surface area contributed by atoms with E-state index in [-0.39, 0.29) is 5.56 Å². The minimum absolute atomic E-state index is 0.0571. The lowest BCUT2D eigenvalue weighted by atomic mass is 10.0. The van der Waals surface area contributed by atoms with E-state index in [0.29, 0.717) is 11.7 Å². The molecule has 2 aromatic carbocycles. The Hall–Kier alpha value is -1.43. The summed E-state index contributed by atoms with van der Waals surface area (Å²) in [7, 11) is 0. The van der Waals surface area contributed by atoms with Gasteiger partial charge in [0.05, 0.1) is 5.56 Å². The topological polar surface area (TPSA) is 26.3 Å². The third-order valence-electron chi connectivity index (χ3n) is 2.91. The second kappa shape index (κ2) is 6.35. The summed E-state index contributed by atoms with van der Waals surface area (Å²) in [6, 6.07) is 11.6. The smallest absolute Gasteiger partial charge is 0.346 e. The molecular weight excluding hydrogens is 370 g/mol. The molecule has 0 aliphatic carbocycles. The lowest BCUT2D eigenvalue weighted by Crippen LogP contribution is -2.10. The molecule has 0 bridgehead atoms. The summed E-state index contributed by atoms with van der Waals surface area (Å²) >= 11 is 1.99. The second-order valence-electron chi connectivity index (χ2n) is 4.74. The Morgan fingerprint density at radius 2 is 1.80 bits per heavy atom. The Labute approximate surface area is 131 Å². The maximum Gasteiger partial charge on any atom is 0.346 e. The van der Waals surface area contributed by atoms with Crippen LogP contribution in [0.4, 0.5) is 4.39 Å². The number of rotatable bonds is 3. The average Bonchev–Trinajstić information content (AvgIpc) is 2.39. The minimum Gasteiger partial charge on any atom is -0.423 e. The molecule has 4 heteroatoms. The van der Waals surface area contributed by atoms with Crippen LogP contribution in [0.2, 0.25) is 0 Å². The molecule has 0 aliphatic rings. The molecule has 2 aromatic rings. The molecule has 0 radical (unpaired) electrons. The van der Waals surface area contributed by atoms with E-state index in [1.165, 1.54) is 12.1 Å². The van der Waals surface area contributed by atoms with E-state index in [1.54, 1.807) is 18.2 Å². The molecule has 0 saturated heterocycles. The average molecular weight is 384 g/mol. The molecule has 0 heterocycles. The molecule has 0 atom stereocenters. The summed E-state index contributed by atoms with van der Waals surface area (Å²) in [5.41, 5.74) is 1.10. The van der Waals surface area contributed by atoms with Crippen molar-refractivity contribution in [1.29, 1.82) is 0 Å². The summed E-state index contributed by atoms with van der Waals surface area (Å²) in [6.07, 6.45) is 0. The molecule has 20 heavy (non-hydrogen) atoms. The second-order valence-corrected chi connectivity index (χ2v) is 5.98. The highest BCUT2D eigenvalue weighted by Crippen LogP contribution is 2.20. The van der Waals surface area contributed by atoms with E-state index in [1.807, 2.05) is 34.7 Å². The molecule has 2 rings (SSSR count). The Bertz CT molecular complexity index is 621. The zero-order valence-corrected chi connectivity index (χ0v) is 13.3. The highest BCUT2D eigenvalue weighted by Gasteiger charge is 2.14. The van der Waals surface area contributed by atoms with Gasteiger partial charge in [-0.2, -0.15) is 0 Å². The fourth-order valence-corrected chi connectivity index (χ4v) is 2.19. The number of carbonyl (C=O) groups excluding carboxylic acids is 1. The lowest BCUT2D eigenvalue weighted by molar-refractivity contribution is 0.0730. The molecule has 0 N–H and O–H groups in total. The number of esters is 1. The van der Waals surface area contributed by atoms with Gasteiger partial charge in [0.15, 0.2) is 0 Å². The van der Waals surface area contributed by atoms with Gasteiger partial charge in [0, 0.05) is 3.57 Å². The van der Waals surface area contributed by atoms with Gasteiger partial charge < -0.3 is 4.74 Å². The fraction of sp³-hybridized carbons (Fsp3) is 0.188. The Morgan fingerprint density at radius 3 is 2.35 bits per heavy atom. The van der Waals surface area contributed by atoms with Gasteiger partial charge in [-0.25, -0.2) is 9.18 Å². The van der Waals surface area contributed by atoms with Crippen molar-refractivity contribution in [2.75, 3.05) is 0 Å². The minimum atomic E-state index is -0.684. The van der Waals surface area contributed by atoms with Crippen LogP contribution in [0.5, 0.6) is 5.75 Å². The van der Waals surface area contributed by atoms with Crippen molar-refractivity contribution in [2.45, 2.75) is 19.8 Å². The van der Waals surface area contributed by atoms with Crippen molar-refractivity contribution in [2.24, 2.45) is 0 Å². The normalized spacial score (nSPS) is 10.7. The molecular formula is C16H14FIO2. The number of hydrogen-bond donors (Lipinski definition) is 0. The lowest BCUT2D eigenvalue weighted by Gasteiger charge is -2.08. The van der Waals surface area contributed by atoms with Crippen molar-refractivity contribution in [3.8, 4) is 5.75 Å². The van der Waals surface area contributed by atoms with Crippen LogP contribution in [0.25, 0.3) is 0 Å². The van der Waals surface area contributed by atoms with Crippen LogP contribution in [-0.4, -0.2) is 5.97 Å². The van der Waals surface area contributed by atoms with Gasteiger partial charge >= 0.3 is 5.97 Å². The van der Waals surface area contributed by atoms with E-state index in [2.05, 4.69) is 13.8 Å². The van der Waals surface area contributed by atoms with Gasteiger partial charge in [0.25, 0.3) is 0 Å². The third kappa shape index (κ3) is 3.56. The van der Waals surface area contributed by atoms with E-state index in [0.717, 1.165) is 9.13 Å².